The van der Waals surface area contributed by atoms with E-state index in [4.69, 9.17) is 16.3 Å². The molecule has 1 heterocycles. The van der Waals surface area contributed by atoms with Gasteiger partial charge in [-0.2, -0.15) is 22.0 Å². The van der Waals surface area contributed by atoms with Gasteiger partial charge in [-0.3, -0.25) is 4.79 Å². The highest BCUT2D eigenvalue weighted by molar-refractivity contribution is 6.31. The van der Waals surface area contributed by atoms with Crippen molar-refractivity contribution < 1.29 is 36.2 Å². The van der Waals surface area contributed by atoms with Crippen LogP contribution in [-0.4, -0.2) is 36.2 Å². The standard InChI is InChI=1S/C28H27ClF5N3O3/c29-17-4-9-21-20(12-17)22(13-25(37-21)28(32,33)34)35-18-5-7-19(8-6-18)36-26(38)16-3-10-23(40-27(30)31)24(11-16)39-14-15-1-2-15/h3-4,9-13,15,18-19,27H,1-2,5-8,14H2,(H,35,37)(H,36,38)/t18-,19+. The Hall–Kier alpha value is -3.34. The number of fused-ring (bicyclic) bond motifs is 1. The normalized spacial score (nSPS) is 19.5. The van der Waals surface area contributed by atoms with E-state index < -0.39 is 18.5 Å². The summed E-state index contributed by atoms with van der Waals surface area (Å²) in [6.07, 6.45) is -0.178. The number of benzene rings is 2. The lowest BCUT2D eigenvalue weighted by Crippen LogP contribution is -2.40. The summed E-state index contributed by atoms with van der Waals surface area (Å²) in [4.78, 5) is 16.7. The molecule has 0 saturated heterocycles. The van der Waals surface area contributed by atoms with Crippen molar-refractivity contribution in [3.05, 3.63) is 58.7 Å². The van der Waals surface area contributed by atoms with Gasteiger partial charge in [-0.15, -0.1) is 0 Å². The second-order valence-corrected chi connectivity index (χ2v) is 10.6. The lowest BCUT2D eigenvalue weighted by Gasteiger charge is -2.31. The Morgan fingerprint density at radius 3 is 2.38 bits per heavy atom. The van der Waals surface area contributed by atoms with Crippen molar-refractivity contribution in [2.75, 3.05) is 11.9 Å². The van der Waals surface area contributed by atoms with Crippen molar-refractivity contribution in [1.29, 1.82) is 0 Å². The molecule has 0 atom stereocenters. The Balaban J connectivity index is 1.22. The van der Waals surface area contributed by atoms with Crippen LogP contribution in [0.1, 0.15) is 54.6 Å². The number of alkyl halides is 5. The fraction of sp³-hybridized carbons (Fsp3) is 0.429. The first kappa shape index (κ1) is 28.2. The van der Waals surface area contributed by atoms with Gasteiger partial charge in [0.2, 0.25) is 0 Å². The van der Waals surface area contributed by atoms with Gasteiger partial charge in [-0.1, -0.05) is 11.6 Å². The number of carbonyl (C=O) groups excluding carboxylic acids is 1. The minimum atomic E-state index is -4.60. The average Bonchev–Trinajstić information content (AvgIpc) is 3.73. The lowest BCUT2D eigenvalue weighted by molar-refractivity contribution is -0.140. The Labute approximate surface area is 232 Å². The summed E-state index contributed by atoms with van der Waals surface area (Å²) in [7, 11) is 0. The summed E-state index contributed by atoms with van der Waals surface area (Å²) < 4.78 is 76.1. The van der Waals surface area contributed by atoms with E-state index in [2.05, 4.69) is 20.4 Å². The number of rotatable bonds is 9. The number of hydrogen-bond donors (Lipinski definition) is 2. The van der Waals surface area contributed by atoms with Crippen LogP contribution in [0.5, 0.6) is 11.5 Å². The maximum Gasteiger partial charge on any atom is 0.433 e. The predicted octanol–water partition coefficient (Wildman–Crippen LogP) is 7.45. The first-order valence-electron chi connectivity index (χ1n) is 13.0. The second-order valence-electron chi connectivity index (χ2n) is 10.2. The van der Waals surface area contributed by atoms with Crippen LogP contribution in [0.3, 0.4) is 0 Å². The smallest absolute Gasteiger partial charge is 0.433 e. The molecule has 5 rings (SSSR count). The molecule has 2 saturated carbocycles. The van der Waals surface area contributed by atoms with Gasteiger partial charge in [-0.05, 0) is 86.9 Å². The second kappa shape index (κ2) is 11.6. The van der Waals surface area contributed by atoms with E-state index in [1.54, 1.807) is 6.07 Å². The van der Waals surface area contributed by atoms with Gasteiger partial charge in [0.1, 0.15) is 5.69 Å². The summed E-state index contributed by atoms with van der Waals surface area (Å²) in [5.41, 5.74) is -0.242. The van der Waals surface area contributed by atoms with Crippen LogP contribution in [0.4, 0.5) is 27.6 Å². The number of nitrogens with one attached hydrogen (secondary N) is 2. The third kappa shape index (κ3) is 7.04. The van der Waals surface area contributed by atoms with Crippen LogP contribution in [0.15, 0.2) is 42.5 Å². The van der Waals surface area contributed by atoms with E-state index in [0.717, 1.165) is 18.9 Å². The molecule has 6 nitrogen and oxygen atoms in total. The highest BCUT2D eigenvalue weighted by Crippen LogP contribution is 2.36. The third-order valence-corrected chi connectivity index (χ3v) is 7.31. The summed E-state index contributed by atoms with van der Waals surface area (Å²) in [5.74, 6) is -0.0308. The molecule has 1 amide bonds. The molecule has 3 aromatic rings. The molecule has 1 aromatic heterocycles. The Morgan fingerprint density at radius 2 is 1.70 bits per heavy atom. The fourth-order valence-electron chi connectivity index (χ4n) is 4.78. The first-order chi connectivity index (χ1) is 19.0. The van der Waals surface area contributed by atoms with E-state index in [1.165, 1.54) is 30.3 Å². The number of nitrogens with zero attached hydrogens (tertiary/aromatic N) is 1. The number of ether oxygens (including phenoxy) is 2. The van der Waals surface area contributed by atoms with E-state index in [1.807, 2.05) is 0 Å². The molecule has 2 N–H and O–H groups in total. The molecule has 0 aliphatic heterocycles. The monoisotopic (exact) mass is 583 g/mol. The van der Waals surface area contributed by atoms with Crippen molar-refractivity contribution in [3.8, 4) is 11.5 Å². The zero-order chi connectivity index (χ0) is 28.4. The van der Waals surface area contributed by atoms with Crippen molar-refractivity contribution in [2.45, 2.75) is 63.4 Å². The van der Waals surface area contributed by atoms with Gasteiger partial charge < -0.3 is 20.1 Å². The number of anilines is 1. The number of hydrogen-bond acceptors (Lipinski definition) is 5. The molecule has 214 valence electrons. The van der Waals surface area contributed by atoms with Crippen LogP contribution in [-0.2, 0) is 6.18 Å². The molecule has 0 radical (unpaired) electrons. The maximum absolute atomic E-state index is 13.4. The van der Waals surface area contributed by atoms with Crippen LogP contribution >= 0.6 is 11.6 Å². The minimum absolute atomic E-state index is 0.0932. The van der Waals surface area contributed by atoms with E-state index in [9.17, 15) is 26.7 Å². The van der Waals surface area contributed by atoms with E-state index >= 15 is 0 Å². The maximum atomic E-state index is 13.4. The lowest BCUT2D eigenvalue weighted by atomic mass is 9.90. The third-order valence-electron chi connectivity index (χ3n) is 7.08. The highest BCUT2D eigenvalue weighted by Gasteiger charge is 2.34. The molecule has 12 heteroatoms. The molecule has 0 bridgehead atoms. The number of halogens is 6. The van der Waals surface area contributed by atoms with Gasteiger partial charge in [0.15, 0.2) is 11.5 Å². The van der Waals surface area contributed by atoms with Gasteiger partial charge in [0.25, 0.3) is 5.91 Å². The van der Waals surface area contributed by atoms with Gasteiger partial charge >= 0.3 is 12.8 Å². The molecular formula is C28H27ClF5N3O3. The van der Waals surface area contributed by atoms with Crippen molar-refractivity contribution in [2.24, 2.45) is 5.92 Å². The van der Waals surface area contributed by atoms with Gasteiger partial charge in [0.05, 0.1) is 12.1 Å². The molecular weight excluding hydrogens is 557 g/mol. The Bertz CT molecular complexity index is 1380. The van der Waals surface area contributed by atoms with E-state index in [-0.39, 0.29) is 40.6 Å². The number of aromatic nitrogens is 1. The summed E-state index contributed by atoms with van der Waals surface area (Å²) >= 11 is 6.09. The summed E-state index contributed by atoms with van der Waals surface area (Å²) in [5, 5.41) is 7.07. The van der Waals surface area contributed by atoms with Crippen LogP contribution in [0.2, 0.25) is 5.02 Å². The average molecular weight is 584 g/mol. The molecule has 0 spiro atoms. The quantitative estimate of drug-likeness (QED) is 0.256. The molecule has 40 heavy (non-hydrogen) atoms. The minimum Gasteiger partial charge on any atom is -0.489 e. The molecule has 0 unspecified atom stereocenters. The van der Waals surface area contributed by atoms with Crippen molar-refractivity contribution >= 4 is 34.1 Å². The summed E-state index contributed by atoms with van der Waals surface area (Å²) in [6, 6.07) is 9.36. The fourth-order valence-corrected chi connectivity index (χ4v) is 4.95. The van der Waals surface area contributed by atoms with Gasteiger partial charge in [-0.25, -0.2) is 4.98 Å². The van der Waals surface area contributed by atoms with Crippen LogP contribution < -0.4 is 20.1 Å². The SMILES string of the molecule is O=C(N[C@H]1CC[C@@H](Nc2cc(C(F)(F)F)nc3ccc(Cl)cc23)CC1)c1ccc(OC(F)F)c(OCC2CC2)c1. The van der Waals surface area contributed by atoms with Crippen molar-refractivity contribution in [3.63, 3.8) is 0 Å². The Kier molecular flexibility index (Phi) is 8.21. The topological polar surface area (TPSA) is 72.5 Å². The van der Waals surface area contributed by atoms with Crippen LogP contribution in [0.25, 0.3) is 10.9 Å². The summed E-state index contributed by atoms with van der Waals surface area (Å²) in [6.45, 7) is -2.65. The largest absolute Gasteiger partial charge is 0.489 e. The van der Waals surface area contributed by atoms with E-state index in [0.29, 0.717) is 54.3 Å². The highest BCUT2D eigenvalue weighted by atomic mass is 35.5. The van der Waals surface area contributed by atoms with Crippen molar-refractivity contribution in [1.82, 2.24) is 10.3 Å². The van der Waals surface area contributed by atoms with Crippen LogP contribution in [0, 0.1) is 5.92 Å². The molecule has 2 fully saturated rings. The van der Waals surface area contributed by atoms with Gasteiger partial charge in [0, 0.05) is 33.7 Å². The zero-order valence-corrected chi connectivity index (χ0v) is 22.0. The molecule has 2 aliphatic rings. The predicted molar refractivity (Wildman–Crippen MR) is 140 cm³/mol. The zero-order valence-electron chi connectivity index (χ0n) is 21.2. The first-order valence-corrected chi connectivity index (χ1v) is 13.4. The molecule has 2 aliphatic carbocycles. The molecule has 2 aromatic carbocycles. The number of amides is 1. The number of carbonyl (C=O) groups is 1. The Morgan fingerprint density at radius 1 is 0.975 bits per heavy atom. The number of pyridine rings is 1.